The van der Waals surface area contributed by atoms with Crippen molar-refractivity contribution in [3.05, 3.63) is 23.9 Å². The molecule has 1 aliphatic rings. The van der Waals surface area contributed by atoms with Crippen molar-refractivity contribution >= 4 is 12.2 Å². The lowest BCUT2D eigenvalue weighted by Crippen LogP contribution is -2.50. The van der Waals surface area contributed by atoms with Crippen LogP contribution in [0.3, 0.4) is 0 Å². The van der Waals surface area contributed by atoms with Crippen LogP contribution in [-0.4, -0.2) is 54.3 Å². The van der Waals surface area contributed by atoms with Gasteiger partial charge in [0.05, 0.1) is 0 Å². The predicted octanol–water partition coefficient (Wildman–Crippen LogP) is 1.15. The second-order valence-electron chi connectivity index (χ2n) is 4.45. The monoisotopic (exact) mass is 254 g/mol. The molecule has 1 rings (SSSR count). The van der Waals surface area contributed by atoms with Crippen molar-refractivity contribution in [1.29, 1.82) is 0 Å². The van der Waals surface area contributed by atoms with Gasteiger partial charge in [0, 0.05) is 32.4 Å². The zero-order valence-corrected chi connectivity index (χ0v) is 10.8. The van der Waals surface area contributed by atoms with E-state index in [2.05, 4.69) is 0 Å². The highest BCUT2D eigenvalue weighted by Gasteiger charge is 2.25. The van der Waals surface area contributed by atoms with Gasteiger partial charge in [0.25, 0.3) is 0 Å². The van der Waals surface area contributed by atoms with E-state index in [1.165, 1.54) is 11.8 Å². The fraction of sp³-hybridized carbons (Fsp3) is 0.538. The molecule has 0 aromatic heterocycles. The maximum Gasteiger partial charge on any atom is 0.213 e. The molecule has 0 radical (unpaired) electrons. The van der Waals surface area contributed by atoms with Gasteiger partial charge in [0.1, 0.15) is 6.17 Å². The van der Waals surface area contributed by atoms with Crippen LogP contribution in [0.4, 0.5) is 4.39 Å². The van der Waals surface area contributed by atoms with Crippen LogP contribution in [0.5, 0.6) is 0 Å². The van der Waals surface area contributed by atoms with E-state index in [9.17, 15) is 14.0 Å². The summed E-state index contributed by atoms with van der Waals surface area (Å²) in [5.74, 6) is 0.00636. The number of likely N-dealkylation sites (tertiary alicyclic amines) is 1. The number of ketones is 1. The molecular weight excluding hydrogens is 235 g/mol. The number of amides is 1. The molecule has 0 bridgehead atoms. The molecular formula is C13H19FN2O2. The lowest BCUT2D eigenvalue weighted by molar-refractivity contribution is -0.116. The van der Waals surface area contributed by atoms with Gasteiger partial charge in [-0.25, -0.2) is 4.39 Å². The first-order valence-electron chi connectivity index (χ1n) is 5.96. The molecule has 18 heavy (non-hydrogen) atoms. The first-order chi connectivity index (χ1) is 8.52. The Morgan fingerprint density at radius 1 is 1.44 bits per heavy atom. The van der Waals surface area contributed by atoms with E-state index >= 15 is 0 Å². The van der Waals surface area contributed by atoms with E-state index < -0.39 is 6.17 Å². The summed E-state index contributed by atoms with van der Waals surface area (Å²) in [5, 5.41) is 0. The van der Waals surface area contributed by atoms with Crippen molar-refractivity contribution in [3.8, 4) is 0 Å². The molecule has 0 aromatic carbocycles. The van der Waals surface area contributed by atoms with Crippen LogP contribution in [0.25, 0.3) is 0 Å². The summed E-state index contributed by atoms with van der Waals surface area (Å²) in [4.78, 5) is 25.2. The van der Waals surface area contributed by atoms with Gasteiger partial charge >= 0.3 is 0 Å². The molecule has 0 saturated carbocycles. The zero-order chi connectivity index (χ0) is 13.5. The maximum absolute atomic E-state index is 12.6. The summed E-state index contributed by atoms with van der Waals surface area (Å²) < 4.78 is 12.6. The number of allylic oxidation sites excluding steroid dienone is 3. The summed E-state index contributed by atoms with van der Waals surface area (Å²) in [6.07, 6.45) is 4.96. The highest BCUT2D eigenvalue weighted by atomic mass is 19.1. The molecule has 0 unspecified atom stereocenters. The number of hydrogen-bond donors (Lipinski definition) is 0. The lowest BCUT2D eigenvalue weighted by Gasteiger charge is -2.34. The van der Waals surface area contributed by atoms with Crippen LogP contribution in [0.1, 0.15) is 13.8 Å². The Balaban J connectivity index is 2.32. The highest BCUT2D eigenvalue weighted by molar-refractivity contribution is 5.92. The van der Waals surface area contributed by atoms with E-state index in [4.69, 9.17) is 0 Å². The van der Waals surface area contributed by atoms with E-state index in [0.29, 0.717) is 31.8 Å². The summed E-state index contributed by atoms with van der Waals surface area (Å²) in [7, 11) is 0. The number of Topliss-reactive ketones (excluding diaryl/α,β-unsaturated/α-hetero) is 1. The summed E-state index contributed by atoms with van der Waals surface area (Å²) in [6.45, 7) is 5.33. The van der Waals surface area contributed by atoms with Crippen molar-refractivity contribution in [3.63, 3.8) is 0 Å². The SMILES string of the molecule is CC(=O)/C(C)=C/C=C\N(C=O)CCN1CC(F)C1. The predicted molar refractivity (Wildman–Crippen MR) is 67.7 cm³/mol. The molecule has 1 aliphatic heterocycles. The molecule has 1 fully saturated rings. The quantitative estimate of drug-likeness (QED) is 0.389. The molecule has 0 N–H and O–H groups in total. The minimum Gasteiger partial charge on any atom is -0.320 e. The van der Waals surface area contributed by atoms with Crippen molar-refractivity contribution in [2.24, 2.45) is 0 Å². The maximum atomic E-state index is 12.6. The highest BCUT2D eigenvalue weighted by Crippen LogP contribution is 2.10. The number of rotatable bonds is 7. The molecule has 5 heteroatoms. The van der Waals surface area contributed by atoms with Gasteiger partial charge in [-0.15, -0.1) is 0 Å². The van der Waals surface area contributed by atoms with Gasteiger partial charge in [-0.3, -0.25) is 14.5 Å². The fourth-order valence-corrected chi connectivity index (χ4v) is 1.52. The Kier molecular flexibility index (Phi) is 5.71. The molecule has 0 atom stereocenters. The average Bonchev–Trinajstić information content (AvgIpc) is 2.30. The number of alkyl halides is 1. The molecule has 4 nitrogen and oxygen atoms in total. The number of carbonyl (C=O) groups excluding carboxylic acids is 2. The van der Waals surface area contributed by atoms with Crippen molar-refractivity contribution in [2.45, 2.75) is 20.0 Å². The second kappa shape index (κ2) is 7.06. The third-order valence-corrected chi connectivity index (χ3v) is 2.90. The van der Waals surface area contributed by atoms with E-state index in [1.54, 1.807) is 25.3 Å². The first-order valence-corrected chi connectivity index (χ1v) is 5.96. The molecule has 0 spiro atoms. The number of nitrogens with zero attached hydrogens (tertiary/aromatic N) is 2. The molecule has 1 heterocycles. The van der Waals surface area contributed by atoms with Crippen LogP contribution in [0, 0.1) is 0 Å². The van der Waals surface area contributed by atoms with Crippen LogP contribution in [0.15, 0.2) is 23.9 Å². The van der Waals surface area contributed by atoms with Gasteiger partial charge in [-0.05, 0) is 25.5 Å². The molecule has 1 saturated heterocycles. The smallest absolute Gasteiger partial charge is 0.213 e. The summed E-state index contributed by atoms with van der Waals surface area (Å²) in [6, 6.07) is 0. The second-order valence-corrected chi connectivity index (χ2v) is 4.45. The Bertz CT molecular complexity index is 360. The van der Waals surface area contributed by atoms with E-state index in [1.807, 2.05) is 4.90 Å². The van der Waals surface area contributed by atoms with E-state index in [0.717, 1.165) is 6.41 Å². The normalized spacial score (nSPS) is 17.8. The van der Waals surface area contributed by atoms with Crippen molar-refractivity contribution in [2.75, 3.05) is 26.2 Å². The first kappa shape index (κ1) is 14.6. The number of hydrogen-bond acceptors (Lipinski definition) is 3. The lowest BCUT2D eigenvalue weighted by atomic mass is 10.2. The Morgan fingerprint density at radius 2 is 2.11 bits per heavy atom. The number of carbonyl (C=O) groups is 2. The van der Waals surface area contributed by atoms with Gasteiger partial charge in [-0.2, -0.15) is 0 Å². The summed E-state index contributed by atoms with van der Waals surface area (Å²) >= 11 is 0. The molecule has 1 amide bonds. The Labute approximate surface area is 107 Å². The number of halogens is 1. The third-order valence-electron chi connectivity index (χ3n) is 2.90. The largest absolute Gasteiger partial charge is 0.320 e. The minimum atomic E-state index is -0.716. The van der Waals surface area contributed by atoms with Crippen LogP contribution < -0.4 is 0 Å². The Hall–Kier alpha value is -1.49. The standard InChI is InChI=1S/C13H19FN2O2/c1-11(12(2)18)4-3-5-15(10-17)6-7-16-8-13(14)9-16/h3-5,10,13H,6-9H2,1-2H3/b5-3-,11-4+. The third kappa shape index (κ3) is 4.79. The average molecular weight is 254 g/mol. The van der Waals surface area contributed by atoms with Gasteiger partial charge in [0.15, 0.2) is 5.78 Å². The zero-order valence-electron chi connectivity index (χ0n) is 10.8. The summed E-state index contributed by atoms with van der Waals surface area (Å²) in [5.41, 5.74) is 0.639. The van der Waals surface area contributed by atoms with Crippen LogP contribution in [0.2, 0.25) is 0 Å². The minimum absolute atomic E-state index is 0.00636. The van der Waals surface area contributed by atoms with Crippen molar-refractivity contribution in [1.82, 2.24) is 9.80 Å². The fourth-order valence-electron chi connectivity index (χ4n) is 1.52. The molecule has 100 valence electrons. The van der Waals surface area contributed by atoms with Crippen molar-refractivity contribution < 1.29 is 14.0 Å². The van der Waals surface area contributed by atoms with E-state index in [-0.39, 0.29) is 5.78 Å². The van der Waals surface area contributed by atoms with Crippen LogP contribution >= 0.6 is 0 Å². The topological polar surface area (TPSA) is 40.6 Å². The molecule has 0 aromatic rings. The van der Waals surface area contributed by atoms with Gasteiger partial charge < -0.3 is 4.90 Å². The van der Waals surface area contributed by atoms with Crippen LogP contribution in [-0.2, 0) is 9.59 Å². The van der Waals surface area contributed by atoms with Gasteiger partial charge in [0.2, 0.25) is 6.41 Å². The Morgan fingerprint density at radius 3 is 2.61 bits per heavy atom. The molecule has 0 aliphatic carbocycles. The van der Waals surface area contributed by atoms with Gasteiger partial charge in [-0.1, -0.05) is 6.08 Å².